The molecule has 4 heteroatoms. The molecular weight excluding hydrogens is 236 g/mol. The minimum absolute atomic E-state index is 0.158. The van der Waals surface area contributed by atoms with Gasteiger partial charge in [0.15, 0.2) is 5.65 Å². The highest BCUT2D eigenvalue weighted by molar-refractivity contribution is 5.70. The summed E-state index contributed by atoms with van der Waals surface area (Å²) in [6, 6.07) is 4.27. The fourth-order valence-corrected chi connectivity index (χ4v) is 3.37. The average Bonchev–Trinajstić information content (AvgIpc) is 2.79. The van der Waals surface area contributed by atoms with Crippen LogP contribution in [0, 0.1) is 11.3 Å². The Labute approximate surface area is 113 Å². The molecule has 19 heavy (non-hydrogen) atoms. The second-order valence-electron chi connectivity index (χ2n) is 6.40. The first kappa shape index (κ1) is 12.6. The summed E-state index contributed by atoms with van der Waals surface area (Å²) >= 11 is 0. The summed E-state index contributed by atoms with van der Waals surface area (Å²) in [4.78, 5) is 12.4. The molecule has 0 bridgehead atoms. The number of aromatic amines is 1. The van der Waals surface area contributed by atoms with Crippen LogP contribution in [0.4, 0.5) is 0 Å². The monoisotopic (exact) mass is 258 g/mol. The van der Waals surface area contributed by atoms with Crippen molar-refractivity contribution in [2.24, 2.45) is 17.1 Å². The smallest absolute Gasteiger partial charge is 0.177 e. The molecule has 1 fully saturated rings. The van der Waals surface area contributed by atoms with Crippen LogP contribution < -0.4 is 5.73 Å². The summed E-state index contributed by atoms with van der Waals surface area (Å²) < 4.78 is 0. The third-order valence-electron chi connectivity index (χ3n) is 5.11. The van der Waals surface area contributed by atoms with E-state index in [0.717, 1.165) is 29.8 Å². The molecule has 0 aliphatic heterocycles. The van der Waals surface area contributed by atoms with Crippen molar-refractivity contribution < 1.29 is 0 Å². The molecule has 4 nitrogen and oxygen atoms in total. The number of nitrogens with two attached hydrogens (primary N) is 1. The summed E-state index contributed by atoms with van der Waals surface area (Å²) in [5, 5.41) is 0. The zero-order chi connectivity index (χ0) is 13.6. The predicted molar refractivity (Wildman–Crippen MR) is 76.8 cm³/mol. The molecule has 0 aromatic carbocycles. The Morgan fingerprint density at radius 2 is 2.16 bits per heavy atom. The Hall–Kier alpha value is -1.42. The summed E-state index contributed by atoms with van der Waals surface area (Å²) in [6.45, 7) is 6.88. The number of aromatic nitrogens is 3. The molecule has 0 radical (unpaired) electrons. The van der Waals surface area contributed by atoms with E-state index >= 15 is 0 Å². The van der Waals surface area contributed by atoms with Gasteiger partial charge in [0.05, 0.1) is 5.52 Å². The first-order valence-corrected chi connectivity index (χ1v) is 7.06. The van der Waals surface area contributed by atoms with Gasteiger partial charge in [0.25, 0.3) is 0 Å². The molecule has 2 heterocycles. The second-order valence-corrected chi connectivity index (χ2v) is 6.40. The quantitative estimate of drug-likeness (QED) is 0.826. The summed E-state index contributed by atoms with van der Waals surface area (Å²) in [5.41, 5.74) is 8.22. The van der Waals surface area contributed by atoms with Crippen molar-refractivity contribution in [1.82, 2.24) is 15.0 Å². The van der Waals surface area contributed by atoms with Crippen LogP contribution in [0.25, 0.3) is 11.2 Å². The zero-order valence-electron chi connectivity index (χ0n) is 11.9. The van der Waals surface area contributed by atoms with E-state index in [-0.39, 0.29) is 5.41 Å². The van der Waals surface area contributed by atoms with Gasteiger partial charge in [-0.1, -0.05) is 20.8 Å². The molecule has 3 unspecified atom stereocenters. The highest BCUT2D eigenvalue weighted by Crippen LogP contribution is 2.49. The number of imidazole rings is 1. The molecule has 1 aliphatic rings. The van der Waals surface area contributed by atoms with Crippen molar-refractivity contribution in [3.8, 4) is 0 Å². The van der Waals surface area contributed by atoms with Crippen LogP contribution in [0.2, 0.25) is 0 Å². The van der Waals surface area contributed by atoms with Crippen molar-refractivity contribution in [2.45, 2.75) is 45.6 Å². The summed E-state index contributed by atoms with van der Waals surface area (Å²) in [5.74, 6) is 1.99. The van der Waals surface area contributed by atoms with Crippen molar-refractivity contribution in [1.29, 1.82) is 0 Å². The van der Waals surface area contributed by atoms with Crippen LogP contribution in [0.1, 0.15) is 45.4 Å². The Balaban J connectivity index is 2.01. The van der Waals surface area contributed by atoms with Crippen LogP contribution in [0.3, 0.4) is 0 Å². The van der Waals surface area contributed by atoms with Gasteiger partial charge >= 0.3 is 0 Å². The van der Waals surface area contributed by atoms with Crippen LogP contribution in [0.5, 0.6) is 0 Å². The summed E-state index contributed by atoms with van der Waals surface area (Å²) in [7, 11) is 0. The highest BCUT2D eigenvalue weighted by Gasteiger charge is 2.43. The topological polar surface area (TPSA) is 67.6 Å². The van der Waals surface area contributed by atoms with Crippen LogP contribution >= 0.6 is 0 Å². The zero-order valence-corrected chi connectivity index (χ0v) is 11.9. The van der Waals surface area contributed by atoms with Gasteiger partial charge in [-0.05, 0) is 36.3 Å². The Morgan fingerprint density at radius 3 is 2.89 bits per heavy atom. The SMILES string of the molecule is CC1C(N)CCC(c2nc3ncccc3[nH]2)C1(C)C. The van der Waals surface area contributed by atoms with Gasteiger partial charge < -0.3 is 10.7 Å². The van der Waals surface area contributed by atoms with Gasteiger partial charge in [-0.2, -0.15) is 0 Å². The van der Waals surface area contributed by atoms with E-state index in [0.29, 0.717) is 17.9 Å². The van der Waals surface area contributed by atoms with Gasteiger partial charge in [0.1, 0.15) is 5.82 Å². The van der Waals surface area contributed by atoms with Crippen molar-refractivity contribution >= 4 is 11.2 Å². The van der Waals surface area contributed by atoms with E-state index in [9.17, 15) is 0 Å². The van der Waals surface area contributed by atoms with Crippen LogP contribution in [-0.4, -0.2) is 21.0 Å². The van der Waals surface area contributed by atoms with E-state index in [4.69, 9.17) is 5.73 Å². The van der Waals surface area contributed by atoms with E-state index < -0.39 is 0 Å². The molecule has 2 aromatic heterocycles. The van der Waals surface area contributed by atoms with Crippen LogP contribution in [-0.2, 0) is 0 Å². The molecule has 2 aromatic rings. The standard InChI is InChI=1S/C15H22N4/c1-9-11(16)7-6-10(15(9,2)3)13-18-12-5-4-8-17-14(12)19-13/h4-5,8-11H,6-7,16H2,1-3H3,(H,17,18,19). The lowest BCUT2D eigenvalue weighted by Crippen LogP contribution is -2.46. The highest BCUT2D eigenvalue weighted by atomic mass is 15.0. The Morgan fingerprint density at radius 1 is 1.37 bits per heavy atom. The molecule has 1 aliphatic carbocycles. The lowest BCUT2D eigenvalue weighted by Gasteiger charge is -2.46. The lowest BCUT2D eigenvalue weighted by atomic mass is 9.61. The number of H-pyrrole nitrogens is 1. The first-order valence-electron chi connectivity index (χ1n) is 7.06. The largest absolute Gasteiger partial charge is 0.340 e. The molecule has 0 saturated heterocycles. The van der Waals surface area contributed by atoms with Crippen molar-refractivity contribution in [3.63, 3.8) is 0 Å². The maximum absolute atomic E-state index is 6.23. The predicted octanol–water partition coefficient (Wildman–Crippen LogP) is 2.82. The van der Waals surface area contributed by atoms with Gasteiger partial charge in [0, 0.05) is 18.2 Å². The van der Waals surface area contributed by atoms with E-state index in [2.05, 4.69) is 35.7 Å². The number of hydrogen-bond donors (Lipinski definition) is 2. The molecule has 1 saturated carbocycles. The molecule has 0 spiro atoms. The first-order chi connectivity index (χ1) is 9.00. The molecule has 3 N–H and O–H groups in total. The van der Waals surface area contributed by atoms with E-state index in [1.807, 2.05) is 12.1 Å². The Kier molecular flexibility index (Phi) is 2.86. The molecule has 3 atom stereocenters. The number of nitrogens with zero attached hydrogens (tertiary/aromatic N) is 2. The Bertz CT molecular complexity index is 554. The third kappa shape index (κ3) is 1.94. The molecule has 102 valence electrons. The minimum atomic E-state index is 0.158. The average molecular weight is 258 g/mol. The summed E-state index contributed by atoms with van der Waals surface area (Å²) in [6.07, 6.45) is 3.95. The lowest BCUT2D eigenvalue weighted by molar-refractivity contribution is 0.0954. The maximum Gasteiger partial charge on any atom is 0.177 e. The van der Waals surface area contributed by atoms with Gasteiger partial charge in [-0.25, -0.2) is 9.97 Å². The maximum atomic E-state index is 6.23. The number of fused-ring (bicyclic) bond motifs is 1. The minimum Gasteiger partial charge on any atom is -0.340 e. The molecule has 3 rings (SSSR count). The number of rotatable bonds is 1. The van der Waals surface area contributed by atoms with E-state index in [1.54, 1.807) is 6.20 Å². The third-order valence-corrected chi connectivity index (χ3v) is 5.11. The van der Waals surface area contributed by atoms with Gasteiger partial charge in [-0.3, -0.25) is 0 Å². The fraction of sp³-hybridized carbons (Fsp3) is 0.600. The number of hydrogen-bond acceptors (Lipinski definition) is 3. The fourth-order valence-electron chi connectivity index (χ4n) is 3.37. The van der Waals surface area contributed by atoms with Gasteiger partial charge in [0.2, 0.25) is 0 Å². The normalized spacial score (nSPS) is 30.6. The second kappa shape index (κ2) is 4.30. The van der Waals surface area contributed by atoms with Crippen molar-refractivity contribution in [3.05, 3.63) is 24.2 Å². The van der Waals surface area contributed by atoms with Gasteiger partial charge in [-0.15, -0.1) is 0 Å². The number of pyridine rings is 1. The molecular formula is C15H22N4. The van der Waals surface area contributed by atoms with Crippen LogP contribution in [0.15, 0.2) is 18.3 Å². The van der Waals surface area contributed by atoms with E-state index in [1.165, 1.54) is 0 Å². The van der Waals surface area contributed by atoms with Crippen molar-refractivity contribution in [2.75, 3.05) is 0 Å². The number of nitrogens with one attached hydrogen (secondary N) is 1. The molecule has 0 amide bonds.